The first-order chi connectivity index (χ1) is 11.8. The Kier molecular flexibility index (Phi) is 4.52. The van der Waals surface area contributed by atoms with E-state index in [2.05, 4.69) is 19.9 Å². The molecule has 0 atom stereocenters. The minimum absolute atomic E-state index is 0.217. The molecule has 5 heteroatoms. The number of esters is 1. The number of hydrogen-bond donors (Lipinski definition) is 0. The molecule has 3 rings (SSSR count). The van der Waals surface area contributed by atoms with Gasteiger partial charge in [0, 0.05) is 29.9 Å². The molecule has 4 nitrogen and oxygen atoms in total. The molecule has 0 unspecified atom stereocenters. The van der Waals surface area contributed by atoms with Gasteiger partial charge in [-0.25, -0.2) is 4.79 Å². The summed E-state index contributed by atoms with van der Waals surface area (Å²) in [6.07, 6.45) is 1.59. The SMILES string of the molecule is Cc1ccsc1C(=O)OCC(=O)C=C1N(C)c2ccccc2C1(C)C. The maximum atomic E-state index is 12.4. The summed E-state index contributed by atoms with van der Waals surface area (Å²) in [4.78, 5) is 27.0. The summed E-state index contributed by atoms with van der Waals surface area (Å²) in [6.45, 7) is 5.79. The number of hydrogen-bond acceptors (Lipinski definition) is 5. The number of nitrogens with zero attached hydrogens (tertiary/aromatic N) is 1. The van der Waals surface area contributed by atoms with Crippen molar-refractivity contribution in [1.82, 2.24) is 0 Å². The molecular formula is C20H21NO3S. The van der Waals surface area contributed by atoms with Crippen molar-refractivity contribution in [1.29, 1.82) is 0 Å². The number of ketones is 1. The average Bonchev–Trinajstić information content (AvgIpc) is 3.09. The zero-order chi connectivity index (χ0) is 18.2. The molecule has 0 amide bonds. The first-order valence-corrected chi connectivity index (χ1v) is 9.00. The van der Waals surface area contributed by atoms with Gasteiger partial charge in [0.1, 0.15) is 4.88 Å². The Labute approximate surface area is 151 Å². The molecule has 1 aromatic heterocycles. The summed E-state index contributed by atoms with van der Waals surface area (Å²) in [5, 5.41) is 1.84. The van der Waals surface area contributed by atoms with Crippen molar-refractivity contribution in [3.05, 3.63) is 63.5 Å². The second kappa shape index (κ2) is 6.48. The van der Waals surface area contributed by atoms with Crippen molar-refractivity contribution in [3.8, 4) is 0 Å². The molecule has 0 spiro atoms. The number of benzene rings is 1. The molecule has 0 bridgehead atoms. The van der Waals surface area contributed by atoms with Gasteiger partial charge in [-0.2, -0.15) is 0 Å². The van der Waals surface area contributed by atoms with E-state index in [1.54, 1.807) is 6.08 Å². The highest BCUT2D eigenvalue weighted by atomic mass is 32.1. The Balaban J connectivity index is 1.74. The summed E-state index contributed by atoms with van der Waals surface area (Å²) in [5.41, 5.74) is 3.78. The molecule has 0 saturated carbocycles. The van der Waals surface area contributed by atoms with Crippen molar-refractivity contribution in [2.24, 2.45) is 0 Å². The fourth-order valence-electron chi connectivity index (χ4n) is 3.24. The standard InChI is InChI=1S/C20H21NO3S/c1-13-9-10-25-18(13)19(23)24-12-14(22)11-17-20(2,3)15-7-5-6-8-16(15)21(17)4/h5-11H,12H2,1-4H3. The minimum Gasteiger partial charge on any atom is -0.453 e. The van der Waals surface area contributed by atoms with Crippen LogP contribution < -0.4 is 4.90 Å². The third-order valence-electron chi connectivity index (χ3n) is 4.63. The van der Waals surface area contributed by atoms with Crippen LogP contribution in [0.5, 0.6) is 0 Å². The van der Waals surface area contributed by atoms with E-state index in [-0.39, 0.29) is 17.8 Å². The first-order valence-electron chi connectivity index (χ1n) is 8.12. The highest BCUT2D eigenvalue weighted by Crippen LogP contribution is 2.46. The van der Waals surface area contributed by atoms with Gasteiger partial charge in [0.25, 0.3) is 0 Å². The van der Waals surface area contributed by atoms with Crippen molar-refractivity contribution in [3.63, 3.8) is 0 Å². The van der Waals surface area contributed by atoms with Crippen LogP contribution in [-0.2, 0) is 14.9 Å². The molecule has 25 heavy (non-hydrogen) atoms. The van der Waals surface area contributed by atoms with Crippen LogP contribution in [-0.4, -0.2) is 25.4 Å². The van der Waals surface area contributed by atoms with Crippen molar-refractivity contribution >= 4 is 28.8 Å². The number of carbonyl (C=O) groups excluding carboxylic acids is 2. The van der Waals surface area contributed by atoms with Crippen LogP contribution in [0.4, 0.5) is 5.69 Å². The molecule has 0 fully saturated rings. The molecule has 0 aliphatic carbocycles. The monoisotopic (exact) mass is 355 g/mol. The molecule has 0 N–H and O–H groups in total. The largest absolute Gasteiger partial charge is 0.453 e. The lowest BCUT2D eigenvalue weighted by Crippen LogP contribution is -2.25. The van der Waals surface area contributed by atoms with Gasteiger partial charge < -0.3 is 9.64 Å². The predicted molar refractivity (Wildman–Crippen MR) is 100 cm³/mol. The number of para-hydroxylation sites is 1. The Morgan fingerprint density at radius 2 is 1.96 bits per heavy atom. The van der Waals surface area contributed by atoms with Gasteiger partial charge in [0.2, 0.25) is 0 Å². The number of thiophene rings is 1. The van der Waals surface area contributed by atoms with Crippen LogP contribution in [0.2, 0.25) is 0 Å². The number of anilines is 1. The van der Waals surface area contributed by atoms with Gasteiger partial charge in [-0.1, -0.05) is 32.0 Å². The van der Waals surface area contributed by atoms with Gasteiger partial charge in [0.15, 0.2) is 12.4 Å². The van der Waals surface area contributed by atoms with Gasteiger partial charge >= 0.3 is 5.97 Å². The first kappa shape index (κ1) is 17.4. The smallest absolute Gasteiger partial charge is 0.349 e. The van der Waals surface area contributed by atoms with Crippen LogP contribution in [0.25, 0.3) is 0 Å². The van der Waals surface area contributed by atoms with Crippen LogP contribution in [0, 0.1) is 6.92 Å². The van der Waals surface area contributed by atoms with Crippen molar-refractivity contribution in [2.45, 2.75) is 26.2 Å². The predicted octanol–water partition coefficient (Wildman–Crippen LogP) is 4.09. The number of aryl methyl sites for hydroxylation is 1. The molecule has 1 aliphatic heterocycles. The van der Waals surface area contributed by atoms with Crippen molar-refractivity contribution < 1.29 is 14.3 Å². The van der Waals surface area contributed by atoms with E-state index in [1.807, 2.05) is 48.5 Å². The number of fused-ring (bicyclic) bond motifs is 1. The maximum absolute atomic E-state index is 12.4. The summed E-state index contributed by atoms with van der Waals surface area (Å²) in [5.74, 6) is -0.660. The summed E-state index contributed by atoms with van der Waals surface area (Å²) >= 11 is 1.32. The van der Waals surface area contributed by atoms with Gasteiger partial charge in [-0.15, -0.1) is 11.3 Å². The third kappa shape index (κ3) is 3.12. The highest BCUT2D eigenvalue weighted by molar-refractivity contribution is 7.12. The van der Waals surface area contributed by atoms with Crippen LogP contribution in [0.1, 0.15) is 34.6 Å². The summed E-state index contributed by atoms with van der Waals surface area (Å²) in [6, 6.07) is 9.97. The van der Waals surface area contributed by atoms with E-state index >= 15 is 0 Å². The Hall–Kier alpha value is -2.40. The molecule has 0 saturated heterocycles. The van der Waals surface area contributed by atoms with Gasteiger partial charge in [-0.05, 0) is 35.6 Å². The summed E-state index contributed by atoms with van der Waals surface area (Å²) in [7, 11) is 1.95. The molecule has 0 radical (unpaired) electrons. The second-order valence-electron chi connectivity index (χ2n) is 6.71. The fourth-order valence-corrected chi connectivity index (χ4v) is 4.05. The van der Waals surface area contributed by atoms with E-state index in [0.717, 1.165) is 16.9 Å². The van der Waals surface area contributed by atoms with E-state index in [0.29, 0.717) is 4.88 Å². The molecule has 1 aliphatic rings. The highest BCUT2D eigenvalue weighted by Gasteiger charge is 2.38. The van der Waals surface area contributed by atoms with E-state index < -0.39 is 5.97 Å². The molecule has 130 valence electrons. The van der Waals surface area contributed by atoms with E-state index in [9.17, 15) is 9.59 Å². The van der Waals surface area contributed by atoms with E-state index in [4.69, 9.17) is 4.74 Å². The number of ether oxygens (including phenoxy) is 1. The Morgan fingerprint density at radius 3 is 2.60 bits per heavy atom. The average molecular weight is 355 g/mol. The van der Waals surface area contributed by atoms with Crippen LogP contribution >= 0.6 is 11.3 Å². The fraction of sp³-hybridized carbons (Fsp3) is 0.300. The second-order valence-corrected chi connectivity index (χ2v) is 7.62. The third-order valence-corrected chi connectivity index (χ3v) is 5.63. The number of carbonyl (C=O) groups is 2. The number of rotatable bonds is 4. The summed E-state index contributed by atoms with van der Waals surface area (Å²) < 4.78 is 5.18. The molecular weight excluding hydrogens is 334 g/mol. The molecule has 1 aromatic carbocycles. The number of likely N-dealkylation sites (N-methyl/N-ethyl adjacent to an activating group) is 1. The normalized spacial score (nSPS) is 16.8. The van der Waals surface area contributed by atoms with Crippen LogP contribution in [0.3, 0.4) is 0 Å². The molecule has 2 aromatic rings. The zero-order valence-electron chi connectivity index (χ0n) is 14.8. The lowest BCUT2D eigenvalue weighted by molar-refractivity contribution is -0.117. The Morgan fingerprint density at radius 1 is 1.24 bits per heavy atom. The zero-order valence-corrected chi connectivity index (χ0v) is 15.6. The minimum atomic E-state index is -0.443. The quantitative estimate of drug-likeness (QED) is 0.612. The van der Waals surface area contributed by atoms with Crippen molar-refractivity contribution in [2.75, 3.05) is 18.6 Å². The lowest BCUT2D eigenvalue weighted by Gasteiger charge is -2.23. The topological polar surface area (TPSA) is 46.6 Å². The Bertz CT molecular complexity index is 863. The van der Waals surface area contributed by atoms with Crippen LogP contribution in [0.15, 0.2) is 47.5 Å². The number of allylic oxidation sites excluding steroid dienone is 1. The van der Waals surface area contributed by atoms with Gasteiger partial charge in [-0.3, -0.25) is 4.79 Å². The maximum Gasteiger partial charge on any atom is 0.349 e. The van der Waals surface area contributed by atoms with Gasteiger partial charge in [0.05, 0.1) is 0 Å². The van der Waals surface area contributed by atoms with E-state index in [1.165, 1.54) is 16.9 Å². The lowest BCUT2D eigenvalue weighted by atomic mass is 9.83. The molecule has 2 heterocycles.